The molecule has 0 aliphatic carbocycles. The molecular weight excluding hydrogens is 264 g/mol. The van der Waals surface area contributed by atoms with Crippen molar-refractivity contribution in [1.29, 1.82) is 0 Å². The molecule has 4 heteroatoms. The second-order valence-corrected chi connectivity index (χ2v) is 5.71. The van der Waals surface area contributed by atoms with Crippen LogP contribution in [0.25, 0.3) is 0 Å². The minimum atomic E-state index is -0.471. The van der Waals surface area contributed by atoms with Gasteiger partial charge in [0, 0.05) is 23.0 Å². The van der Waals surface area contributed by atoms with E-state index in [1.807, 2.05) is 12.3 Å². The number of nitrogens with one attached hydrogen (secondary N) is 1. The number of thiophene rings is 1. The molecule has 0 aliphatic rings. The molecule has 1 atom stereocenters. The quantitative estimate of drug-likeness (QED) is 0.871. The fourth-order valence-electron chi connectivity index (χ4n) is 1.96. The summed E-state index contributed by atoms with van der Waals surface area (Å²) in [5.74, 6) is -0.943. The first-order valence-electron chi connectivity index (χ1n) is 6.27. The van der Waals surface area contributed by atoms with Crippen molar-refractivity contribution in [1.82, 2.24) is 5.32 Å². The van der Waals surface area contributed by atoms with Crippen LogP contribution >= 0.6 is 11.3 Å². The predicted molar refractivity (Wildman–Crippen MR) is 75.4 cm³/mol. The summed E-state index contributed by atoms with van der Waals surface area (Å²) in [4.78, 5) is 1.26. The fraction of sp³-hybridized carbons (Fsp3) is 0.333. The molecule has 1 N–H and O–H groups in total. The van der Waals surface area contributed by atoms with E-state index in [1.54, 1.807) is 11.3 Å². The molecule has 1 aromatic heterocycles. The molecule has 19 heavy (non-hydrogen) atoms. The highest BCUT2D eigenvalue weighted by Gasteiger charge is 2.12. The second-order valence-electron chi connectivity index (χ2n) is 4.71. The van der Waals surface area contributed by atoms with Crippen LogP contribution < -0.4 is 5.32 Å². The zero-order chi connectivity index (χ0) is 13.8. The summed E-state index contributed by atoms with van der Waals surface area (Å²) in [6.45, 7) is 4.74. The molecule has 2 rings (SSSR count). The molecule has 1 unspecified atom stereocenters. The number of rotatable bonds is 5. The van der Waals surface area contributed by atoms with E-state index >= 15 is 0 Å². The third-order valence-corrected chi connectivity index (χ3v) is 4.17. The zero-order valence-electron chi connectivity index (χ0n) is 11.0. The van der Waals surface area contributed by atoms with Crippen molar-refractivity contribution in [2.45, 2.75) is 32.9 Å². The van der Waals surface area contributed by atoms with Crippen molar-refractivity contribution in [2.24, 2.45) is 0 Å². The first-order valence-corrected chi connectivity index (χ1v) is 7.15. The summed E-state index contributed by atoms with van der Waals surface area (Å²) in [5.41, 5.74) is 1.41. The highest BCUT2D eigenvalue weighted by molar-refractivity contribution is 7.10. The van der Waals surface area contributed by atoms with Crippen LogP contribution in [0.3, 0.4) is 0 Å². The van der Waals surface area contributed by atoms with Gasteiger partial charge in [-0.1, -0.05) is 6.07 Å². The van der Waals surface area contributed by atoms with Gasteiger partial charge in [0.15, 0.2) is 0 Å². The smallest absolute Gasteiger partial charge is 0.129 e. The number of halogens is 2. The minimum Gasteiger partial charge on any atom is -0.309 e. The summed E-state index contributed by atoms with van der Waals surface area (Å²) in [5, 5.41) is 5.36. The predicted octanol–water partition coefficient (Wildman–Crippen LogP) is 4.06. The molecule has 102 valence electrons. The van der Waals surface area contributed by atoms with Crippen LogP contribution in [0.2, 0.25) is 0 Å². The molecule has 0 amide bonds. The highest BCUT2D eigenvalue weighted by atomic mass is 32.1. The molecule has 1 heterocycles. The lowest BCUT2D eigenvalue weighted by molar-refractivity contribution is 0.500. The van der Waals surface area contributed by atoms with Crippen molar-refractivity contribution in [2.75, 3.05) is 0 Å². The maximum atomic E-state index is 13.5. The lowest BCUT2D eigenvalue weighted by Gasteiger charge is -2.14. The fourth-order valence-corrected chi connectivity index (χ4v) is 2.81. The maximum Gasteiger partial charge on any atom is 0.129 e. The van der Waals surface area contributed by atoms with E-state index in [-0.39, 0.29) is 11.6 Å². The molecule has 2 aromatic rings. The van der Waals surface area contributed by atoms with Crippen molar-refractivity contribution >= 4 is 11.3 Å². The van der Waals surface area contributed by atoms with Gasteiger partial charge in [0.05, 0.1) is 0 Å². The average molecular weight is 281 g/mol. The largest absolute Gasteiger partial charge is 0.309 e. The SMILES string of the molecule is Cc1ccsc1CNC(C)Cc1c(F)cccc1F. The Morgan fingerprint density at radius 3 is 2.47 bits per heavy atom. The Morgan fingerprint density at radius 1 is 1.21 bits per heavy atom. The second kappa shape index (κ2) is 6.26. The number of hydrogen-bond donors (Lipinski definition) is 1. The molecule has 0 spiro atoms. The molecule has 1 aromatic carbocycles. The minimum absolute atomic E-state index is 0.0212. The summed E-state index contributed by atoms with van der Waals surface area (Å²) >= 11 is 1.69. The van der Waals surface area contributed by atoms with Crippen LogP contribution in [-0.2, 0) is 13.0 Å². The topological polar surface area (TPSA) is 12.0 Å². The van der Waals surface area contributed by atoms with Gasteiger partial charge in [0.2, 0.25) is 0 Å². The van der Waals surface area contributed by atoms with E-state index in [2.05, 4.69) is 18.3 Å². The van der Waals surface area contributed by atoms with E-state index in [0.717, 1.165) is 6.54 Å². The van der Waals surface area contributed by atoms with Crippen LogP contribution in [0.4, 0.5) is 8.78 Å². The molecule has 0 fully saturated rings. The van der Waals surface area contributed by atoms with Crippen LogP contribution in [0, 0.1) is 18.6 Å². The van der Waals surface area contributed by atoms with Crippen molar-refractivity contribution in [3.05, 3.63) is 57.3 Å². The van der Waals surface area contributed by atoms with Crippen LogP contribution in [0.15, 0.2) is 29.6 Å². The van der Waals surface area contributed by atoms with Gasteiger partial charge >= 0.3 is 0 Å². The monoisotopic (exact) mass is 281 g/mol. The van der Waals surface area contributed by atoms with Gasteiger partial charge in [-0.3, -0.25) is 0 Å². The van der Waals surface area contributed by atoms with E-state index in [1.165, 1.54) is 28.6 Å². The average Bonchev–Trinajstić information content (AvgIpc) is 2.77. The Kier molecular flexibility index (Phi) is 4.66. The Morgan fingerprint density at radius 2 is 1.89 bits per heavy atom. The summed E-state index contributed by atoms with van der Waals surface area (Å²) < 4.78 is 27.0. The third kappa shape index (κ3) is 3.61. The molecule has 0 radical (unpaired) electrons. The van der Waals surface area contributed by atoms with Crippen LogP contribution in [0.1, 0.15) is 22.9 Å². The van der Waals surface area contributed by atoms with Gasteiger partial charge in [0.1, 0.15) is 11.6 Å². The Bertz CT molecular complexity index is 531. The summed E-state index contributed by atoms with van der Waals surface area (Å²) in [6.07, 6.45) is 0.350. The van der Waals surface area contributed by atoms with Gasteiger partial charge < -0.3 is 5.32 Å². The van der Waals surface area contributed by atoms with E-state index < -0.39 is 11.6 Å². The lowest BCUT2D eigenvalue weighted by atomic mass is 10.1. The molecule has 1 nitrogen and oxygen atoms in total. The van der Waals surface area contributed by atoms with Gasteiger partial charge in [-0.15, -0.1) is 11.3 Å². The van der Waals surface area contributed by atoms with Crippen molar-refractivity contribution in [3.63, 3.8) is 0 Å². The molecule has 0 aliphatic heterocycles. The summed E-state index contributed by atoms with van der Waals surface area (Å²) in [7, 11) is 0. The summed E-state index contributed by atoms with van der Waals surface area (Å²) in [6, 6.07) is 6.08. The van der Waals surface area contributed by atoms with Crippen molar-refractivity contribution in [3.8, 4) is 0 Å². The van der Waals surface area contributed by atoms with Crippen molar-refractivity contribution < 1.29 is 8.78 Å². The van der Waals surface area contributed by atoms with E-state index in [0.29, 0.717) is 6.42 Å². The van der Waals surface area contributed by atoms with Gasteiger partial charge in [-0.25, -0.2) is 8.78 Å². The first-order chi connectivity index (χ1) is 9.08. The molecule has 0 saturated carbocycles. The Hall–Kier alpha value is -1.26. The lowest BCUT2D eigenvalue weighted by Crippen LogP contribution is -2.28. The van der Waals surface area contributed by atoms with E-state index in [4.69, 9.17) is 0 Å². The highest BCUT2D eigenvalue weighted by Crippen LogP contribution is 2.17. The van der Waals surface area contributed by atoms with Gasteiger partial charge in [-0.2, -0.15) is 0 Å². The number of aryl methyl sites for hydroxylation is 1. The van der Waals surface area contributed by atoms with Crippen LogP contribution in [0.5, 0.6) is 0 Å². The first kappa shape index (κ1) is 14.2. The zero-order valence-corrected chi connectivity index (χ0v) is 11.9. The van der Waals surface area contributed by atoms with Gasteiger partial charge in [-0.05, 0) is 49.4 Å². The molecular formula is C15H17F2NS. The Labute approximate surface area is 116 Å². The Balaban J connectivity index is 1.94. The van der Waals surface area contributed by atoms with Gasteiger partial charge in [0.25, 0.3) is 0 Å². The number of hydrogen-bond acceptors (Lipinski definition) is 2. The van der Waals surface area contributed by atoms with Crippen LogP contribution in [-0.4, -0.2) is 6.04 Å². The normalized spacial score (nSPS) is 12.6. The molecule has 0 bridgehead atoms. The third-order valence-electron chi connectivity index (χ3n) is 3.15. The number of benzene rings is 1. The standard InChI is InChI=1S/C15H17F2NS/c1-10-6-7-19-15(10)9-18-11(2)8-12-13(16)4-3-5-14(12)17/h3-7,11,18H,8-9H2,1-2H3. The molecule has 0 saturated heterocycles. The maximum absolute atomic E-state index is 13.5. The van der Waals surface area contributed by atoms with E-state index in [9.17, 15) is 8.78 Å².